The average Bonchev–Trinajstić information content (AvgIpc) is 2.40. The highest BCUT2D eigenvalue weighted by molar-refractivity contribution is 5.66. The predicted octanol–water partition coefficient (Wildman–Crippen LogP) is 3.38. The van der Waals surface area contributed by atoms with Gasteiger partial charge in [-0.3, -0.25) is 4.79 Å². The van der Waals surface area contributed by atoms with E-state index in [1.165, 1.54) is 18.1 Å². The van der Waals surface area contributed by atoms with Crippen LogP contribution >= 0.6 is 0 Å². The van der Waals surface area contributed by atoms with Crippen molar-refractivity contribution < 1.29 is 9.53 Å². The van der Waals surface area contributed by atoms with Crippen LogP contribution in [0.1, 0.15) is 46.0 Å². The summed E-state index contributed by atoms with van der Waals surface area (Å²) < 4.78 is 5.48. The van der Waals surface area contributed by atoms with Crippen LogP contribution in [0.3, 0.4) is 0 Å². The summed E-state index contributed by atoms with van der Waals surface area (Å²) in [5.74, 6) is 0.301. The van der Waals surface area contributed by atoms with Crippen LogP contribution in [0, 0.1) is 5.92 Å². The molecule has 0 saturated carbocycles. The number of hydrogen-bond acceptors (Lipinski definition) is 2. The van der Waals surface area contributed by atoms with Gasteiger partial charge in [-0.2, -0.15) is 0 Å². The lowest BCUT2D eigenvalue weighted by Crippen LogP contribution is -2.27. The molecule has 2 atom stereocenters. The van der Waals surface area contributed by atoms with Crippen LogP contribution in [0.15, 0.2) is 23.3 Å². The molecule has 0 fully saturated rings. The highest BCUT2D eigenvalue weighted by atomic mass is 16.5. The molecule has 2 nitrogen and oxygen atoms in total. The second-order valence-electron chi connectivity index (χ2n) is 4.86. The minimum Gasteiger partial charge on any atom is -0.462 e. The van der Waals surface area contributed by atoms with Crippen LogP contribution in [-0.2, 0) is 9.53 Å². The van der Waals surface area contributed by atoms with Crippen LogP contribution in [0.2, 0.25) is 0 Å². The summed E-state index contributed by atoms with van der Waals surface area (Å²) >= 11 is 0. The van der Waals surface area contributed by atoms with Gasteiger partial charge in [0.2, 0.25) is 0 Å². The molecule has 2 heteroatoms. The molecule has 16 heavy (non-hydrogen) atoms. The van der Waals surface area contributed by atoms with Gasteiger partial charge in [0.25, 0.3) is 0 Å². The molecular formula is C14H20O2. The van der Waals surface area contributed by atoms with E-state index < -0.39 is 0 Å². The fraction of sp³-hybridized carbons (Fsp3) is 0.643. The zero-order chi connectivity index (χ0) is 11.5. The molecule has 2 aliphatic carbocycles. The Hall–Kier alpha value is -1.05. The number of allylic oxidation sites excluding steroid dienone is 3. The molecule has 0 amide bonds. The number of hydrogen-bond donors (Lipinski definition) is 0. The highest BCUT2D eigenvalue weighted by Crippen LogP contribution is 2.37. The predicted molar refractivity (Wildman–Crippen MR) is 64.0 cm³/mol. The molecule has 2 rings (SSSR count). The molecule has 0 bridgehead atoms. The Labute approximate surface area is 97.4 Å². The van der Waals surface area contributed by atoms with Crippen molar-refractivity contribution in [3.63, 3.8) is 0 Å². The van der Waals surface area contributed by atoms with E-state index in [-0.39, 0.29) is 12.1 Å². The van der Waals surface area contributed by atoms with Crippen molar-refractivity contribution in [3.8, 4) is 0 Å². The summed E-state index contributed by atoms with van der Waals surface area (Å²) in [6.45, 7) is 3.73. The molecule has 0 aliphatic heterocycles. The molecule has 0 saturated heterocycles. The minimum atomic E-state index is -0.140. The summed E-state index contributed by atoms with van der Waals surface area (Å²) in [5.41, 5.74) is 2.91. The Morgan fingerprint density at radius 2 is 2.25 bits per heavy atom. The van der Waals surface area contributed by atoms with Crippen LogP contribution < -0.4 is 0 Å². The van der Waals surface area contributed by atoms with Crippen molar-refractivity contribution in [2.45, 2.75) is 52.1 Å². The van der Waals surface area contributed by atoms with E-state index in [1.807, 2.05) is 0 Å². The summed E-state index contributed by atoms with van der Waals surface area (Å²) in [6, 6.07) is 0. The number of carbonyl (C=O) groups is 1. The van der Waals surface area contributed by atoms with Crippen LogP contribution in [0.5, 0.6) is 0 Å². The Kier molecular flexibility index (Phi) is 3.47. The maximum atomic E-state index is 11.1. The summed E-state index contributed by atoms with van der Waals surface area (Å²) in [6.07, 6.45) is 10.1. The molecule has 2 unspecified atom stereocenters. The third kappa shape index (κ3) is 2.37. The average molecular weight is 220 g/mol. The monoisotopic (exact) mass is 220 g/mol. The van der Waals surface area contributed by atoms with Crippen molar-refractivity contribution in [2.24, 2.45) is 5.92 Å². The minimum absolute atomic E-state index is 0.106. The number of esters is 1. The van der Waals surface area contributed by atoms with E-state index in [0.29, 0.717) is 5.92 Å². The van der Waals surface area contributed by atoms with E-state index >= 15 is 0 Å². The van der Waals surface area contributed by atoms with E-state index in [0.717, 1.165) is 32.1 Å². The lowest BCUT2D eigenvalue weighted by molar-refractivity contribution is -0.148. The second-order valence-corrected chi connectivity index (χ2v) is 4.86. The van der Waals surface area contributed by atoms with Gasteiger partial charge in [-0.1, -0.05) is 17.7 Å². The third-order valence-electron chi connectivity index (χ3n) is 3.64. The quantitative estimate of drug-likeness (QED) is 0.633. The first-order valence-electron chi connectivity index (χ1n) is 6.22. The molecular weight excluding hydrogens is 200 g/mol. The number of ether oxygens (including phenoxy) is 1. The fourth-order valence-corrected chi connectivity index (χ4v) is 2.88. The largest absolute Gasteiger partial charge is 0.462 e. The number of fused-ring (bicyclic) bond motifs is 1. The Bertz CT molecular complexity index is 339. The van der Waals surface area contributed by atoms with Crippen molar-refractivity contribution >= 4 is 5.97 Å². The number of rotatable bonds is 1. The van der Waals surface area contributed by atoms with Crippen LogP contribution in [0.4, 0.5) is 0 Å². The normalized spacial score (nSPS) is 29.6. The zero-order valence-corrected chi connectivity index (χ0v) is 10.2. The van der Waals surface area contributed by atoms with Gasteiger partial charge < -0.3 is 4.74 Å². The van der Waals surface area contributed by atoms with E-state index in [1.54, 1.807) is 0 Å². The molecule has 0 aromatic heterocycles. The lowest BCUT2D eigenvalue weighted by Gasteiger charge is -2.28. The second kappa shape index (κ2) is 4.86. The van der Waals surface area contributed by atoms with Gasteiger partial charge in [-0.15, -0.1) is 0 Å². The molecule has 0 aromatic rings. The smallest absolute Gasteiger partial charge is 0.302 e. The molecule has 2 aliphatic rings. The van der Waals surface area contributed by atoms with Gasteiger partial charge in [0, 0.05) is 12.8 Å². The summed E-state index contributed by atoms with van der Waals surface area (Å²) in [7, 11) is 0. The van der Waals surface area contributed by atoms with Crippen LogP contribution in [0.25, 0.3) is 0 Å². The first-order chi connectivity index (χ1) is 7.68. The first-order valence-corrected chi connectivity index (χ1v) is 6.22. The fourth-order valence-electron chi connectivity index (χ4n) is 2.88. The SMILES string of the molecule is CC(=O)OC1CCCC(C)=C2C=CCCC21. The molecule has 0 spiro atoms. The van der Waals surface area contributed by atoms with Gasteiger partial charge in [-0.25, -0.2) is 0 Å². The Balaban J connectivity index is 2.23. The zero-order valence-electron chi connectivity index (χ0n) is 10.2. The maximum absolute atomic E-state index is 11.1. The Morgan fingerprint density at radius 3 is 3.00 bits per heavy atom. The maximum Gasteiger partial charge on any atom is 0.302 e. The van der Waals surface area contributed by atoms with Gasteiger partial charge in [0.15, 0.2) is 0 Å². The third-order valence-corrected chi connectivity index (χ3v) is 3.64. The standard InChI is InChI=1S/C14H20O2/c1-10-6-5-9-14(16-11(2)15)13-8-4-3-7-12(10)13/h3,7,13-14H,4-6,8-9H2,1-2H3. The summed E-state index contributed by atoms with van der Waals surface area (Å²) in [4.78, 5) is 11.1. The van der Waals surface area contributed by atoms with E-state index in [4.69, 9.17) is 4.74 Å². The molecule has 0 N–H and O–H groups in total. The van der Waals surface area contributed by atoms with Crippen molar-refractivity contribution in [1.29, 1.82) is 0 Å². The van der Waals surface area contributed by atoms with Crippen LogP contribution in [-0.4, -0.2) is 12.1 Å². The molecule has 0 heterocycles. The Morgan fingerprint density at radius 1 is 1.44 bits per heavy atom. The van der Waals surface area contributed by atoms with E-state index in [9.17, 15) is 4.79 Å². The molecule has 0 radical (unpaired) electrons. The van der Waals surface area contributed by atoms with E-state index in [2.05, 4.69) is 19.1 Å². The molecule has 0 aromatic carbocycles. The van der Waals surface area contributed by atoms with Crippen molar-refractivity contribution in [2.75, 3.05) is 0 Å². The highest BCUT2D eigenvalue weighted by Gasteiger charge is 2.30. The van der Waals surface area contributed by atoms with Gasteiger partial charge in [-0.05, 0) is 44.6 Å². The lowest BCUT2D eigenvalue weighted by atomic mass is 9.83. The number of carbonyl (C=O) groups excluding carboxylic acids is 1. The topological polar surface area (TPSA) is 26.3 Å². The van der Waals surface area contributed by atoms with Gasteiger partial charge in [0.05, 0.1) is 0 Å². The molecule has 88 valence electrons. The first kappa shape index (κ1) is 11.4. The van der Waals surface area contributed by atoms with Crippen molar-refractivity contribution in [3.05, 3.63) is 23.3 Å². The van der Waals surface area contributed by atoms with Gasteiger partial charge in [0.1, 0.15) is 6.10 Å². The summed E-state index contributed by atoms with van der Waals surface area (Å²) in [5, 5.41) is 0. The van der Waals surface area contributed by atoms with Crippen molar-refractivity contribution in [1.82, 2.24) is 0 Å². The van der Waals surface area contributed by atoms with Gasteiger partial charge >= 0.3 is 5.97 Å².